The van der Waals surface area contributed by atoms with Gasteiger partial charge in [0.25, 0.3) is 0 Å². The summed E-state index contributed by atoms with van der Waals surface area (Å²) in [5.74, 6) is 3.68. The zero-order valence-electron chi connectivity index (χ0n) is 8.61. The molecule has 2 aliphatic heterocycles. The molecule has 1 atom stereocenters. The quantitative estimate of drug-likeness (QED) is 0.842. The summed E-state index contributed by atoms with van der Waals surface area (Å²) in [4.78, 5) is 4.49. The molecule has 1 aromatic rings. The van der Waals surface area contributed by atoms with Crippen LogP contribution in [0.2, 0.25) is 0 Å². The third-order valence-electron chi connectivity index (χ3n) is 3.03. The number of rotatable bonds is 3. The largest absolute Gasteiger partial charge is 0.339 e. The molecule has 0 spiro atoms. The predicted octanol–water partition coefficient (Wildman–Crippen LogP) is 1.40. The second kappa shape index (κ2) is 4.14. The van der Waals surface area contributed by atoms with Gasteiger partial charge in [0, 0.05) is 6.42 Å². The van der Waals surface area contributed by atoms with E-state index in [0.29, 0.717) is 11.2 Å². The molecule has 2 aliphatic rings. The Labute approximate surface area is 93.2 Å². The summed E-state index contributed by atoms with van der Waals surface area (Å²) >= 11 is 1.95. The molecule has 0 aromatic carbocycles. The highest BCUT2D eigenvalue weighted by atomic mass is 32.2. The van der Waals surface area contributed by atoms with E-state index >= 15 is 0 Å². The van der Waals surface area contributed by atoms with Gasteiger partial charge in [0.05, 0.1) is 5.25 Å². The van der Waals surface area contributed by atoms with Crippen LogP contribution in [0.5, 0.6) is 0 Å². The van der Waals surface area contributed by atoms with Crippen molar-refractivity contribution < 1.29 is 4.52 Å². The SMILES string of the molecule is C1CSC(c2noc(CC3CNC3)n2)C1. The fourth-order valence-electron chi connectivity index (χ4n) is 2.00. The molecule has 0 aliphatic carbocycles. The van der Waals surface area contributed by atoms with Crippen LogP contribution >= 0.6 is 11.8 Å². The van der Waals surface area contributed by atoms with Gasteiger partial charge in [0.2, 0.25) is 5.89 Å². The molecule has 0 radical (unpaired) electrons. The molecule has 3 rings (SSSR count). The van der Waals surface area contributed by atoms with Gasteiger partial charge in [-0.2, -0.15) is 16.7 Å². The first-order valence-electron chi connectivity index (χ1n) is 5.56. The molecule has 1 N–H and O–H groups in total. The van der Waals surface area contributed by atoms with Crippen molar-refractivity contribution in [3.8, 4) is 0 Å². The minimum Gasteiger partial charge on any atom is -0.339 e. The van der Waals surface area contributed by atoms with Crippen molar-refractivity contribution in [2.24, 2.45) is 5.92 Å². The number of nitrogens with zero attached hydrogens (tertiary/aromatic N) is 2. The molecule has 2 fully saturated rings. The molecule has 4 nitrogen and oxygen atoms in total. The molecular weight excluding hydrogens is 210 g/mol. The van der Waals surface area contributed by atoms with Crippen LogP contribution in [-0.2, 0) is 6.42 Å². The van der Waals surface area contributed by atoms with Crippen molar-refractivity contribution in [2.75, 3.05) is 18.8 Å². The number of hydrogen-bond donors (Lipinski definition) is 1. The Hall–Kier alpha value is -0.550. The zero-order valence-corrected chi connectivity index (χ0v) is 9.42. The topological polar surface area (TPSA) is 51.0 Å². The number of thioether (sulfide) groups is 1. The molecule has 5 heteroatoms. The lowest BCUT2D eigenvalue weighted by Crippen LogP contribution is -2.43. The van der Waals surface area contributed by atoms with E-state index in [9.17, 15) is 0 Å². The van der Waals surface area contributed by atoms with Crippen LogP contribution in [0.25, 0.3) is 0 Å². The number of nitrogens with one attached hydrogen (secondary N) is 1. The van der Waals surface area contributed by atoms with Gasteiger partial charge in [-0.25, -0.2) is 0 Å². The van der Waals surface area contributed by atoms with Crippen molar-refractivity contribution in [3.05, 3.63) is 11.7 Å². The average molecular weight is 225 g/mol. The second-order valence-corrected chi connectivity index (χ2v) is 5.59. The molecule has 82 valence electrons. The Kier molecular flexibility index (Phi) is 2.66. The normalized spacial score (nSPS) is 26.8. The first-order chi connectivity index (χ1) is 7.42. The number of hydrogen-bond acceptors (Lipinski definition) is 5. The van der Waals surface area contributed by atoms with Crippen LogP contribution in [0.1, 0.15) is 29.8 Å². The number of aromatic nitrogens is 2. The van der Waals surface area contributed by atoms with Gasteiger partial charge in [-0.3, -0.25) is 0 Å². The Morgan fingerprint density at radius 3 is 3.07 bits per heavy atom. The minimum absolute atomic E-state index is 0.488. The summed E-state index contributed by atoms with van der Waals surface area (Å²) in [5.41, 5.74) is 0. The summed E-state index contributed by atoms with van der Waals surface area (Å²) in [6, 6.07) is 0. The van der Waals surface area contributed by atoms with E-state index in [1.807, 2.05) is 11.8 Å². The first-order valence-corrected chi connectivity index (χ1v) is 6.61. The van der Waals surface area contributed by atoms with Gasteiger partial charge in [0.1, 0.15) is 0 Å². The van der Waals surface area contributed by atoms with E-state index in [2.05, 4.69) is 15.5 Å². The van der Waals surface area contributed by atoms with E-state index in [1.54, 1.807) is 0 Å². The molecule has 2 saturated heterocycles. The lowest BCUT2D eigenvalue weighted by atomic mass is 10.00. The molecule has 15 heavy (non-hydrogen) atoms. The Morgan fingerprint density at radius 2 is 2.40 bits per heavy atom. The van der Waals surface area contributed by atoms with Crippen LogP contribution in [0.4, 0.5) is 0 Å². The van der Waals surface area contributed by atoms with Gasteiger partial charge in [0.15, 0.2) is 5.82 Å². The van der Waals surface area contributed by atoms with Crippen molar-refractivity contribution in [2.45, 2.75) is 24.5 Å². The van der Waals surface area contributed by atoms with E-state index in [-0.39, 0.29) is 0 Å². The Balaban J connectivity index is 1.64. The van der Waals surface area contributed by atoms with Gasteiger partial charge in [-0.1, -0.05) is 5.16 Å². The Bertz CT molecular complexity index is 331. The summed E-state index contributed by atoms with van der Waals surface area (Å²) in [5, 5.41) is 7.82. The van der Waals surface area contributed by atoms with Crippen molar-refractivity contribution >= 4 is 11.8 Å². The van der Waals surface area contributed by atoms with Gasteiger partial charge >= 0.3 is 0 Å². The third kappa shape index (κ3) is 2.03. The van der Waals surface area contributed by atoms with E-state index in [4.69, 9.17) is 4.52 Å². The summed E-state index contributed by atoms with van der Waals surface area (Å²) in [7, 11) is 0. The van der Waals surface area contributed by atoms with Crippen LogP contribution in [0.15, 0.2) is 4.52 Å². The molecule has 0 saturated carbocycles. The van der Waals surface area contributed by atoms with Crippen LogP contribution < -0.4 is 5.32 Å². The molecular formula is C10H15N3OS. The van der Waals surface area contributed by atoms with Crippen molar-refractivity contribution in [1.29, 1.82) is 0 Å². The zero-order chi connectivity index (χ0) is 10.1. The molecule has 1 unspecified atom stereocenters. The molecule has 0 bridgehead atoms. The monoisotopic (exact) mass is 225 g/mol. The van der Waals surface area contributed by atoms with Crippen molar-refractivity contribution in [3.63, 3.8) is 0 Å². The summed E-state index contributed by atoms with van der Waals surface area (Å²) < 4.78 is 5.28. The lowest BCUT2D eigenvalue weighted by Gasteiger charge is -2.25. The Morgan fingerprint density at radius 1 is 1.47 bits per heavy atom. The highest BCUT2D eigenvalue weighted by Gasteiger charge is 2.25. The highest BCUT2D eigenvalue weighted by molar-refractivity contribution is 7.99. The van der Waals surface area contributed by atoms with Crippen LogP contribution in [-0.4, -0.2) is 29.0 Å². The van der Waals surface area contributed by atoms with Gasteiger partial charge in [-0.05, 0) is 37.6 Å². The highest BCUT2D eigenvalue weighted by Crippen LogP contribution is 2.38. The van der Waals surface area contributed by atoms with Crippen LogP contribution in [0, 0.1) is 5.92 Å². The standard InChI is InChI=1S/C10H15N3OS/c1-2-8(15-3-1)10-12-9(14-13-10)4-7-5-11-6-7/h7-8,11H,1-6H2. The maximum Gasteiger partial charge on any atom is 0.227 e. The predicted molar refractivity (Wildman–Crippen MR) is 58.8 cm³/mol. The van der Waals surface area contributed by atoms with Gasteiger partial charge < -0.3 is 9.84 Å². The molecule has 0 amide bonds. The molecule has 3 heterocycles. The fourth-order valence-corrected chi connectivity index (χ4v) is 3.20. The first kappa shape index (κ1) is 9.66. The molecule has 1 aromatic heterocycles. The van der Waals surface area contributed by atoms with E-state index in [1.165, 1.54) is 18.6 Å². The summed E-state index contributed by atoms with van der Waals surface area (Å²) in [6.45, 7) is 2.19. The maximum atomic E-state index is 5.28. The van der Waals surface area contributed by atoms with E-state index < -0.39 is 0 Å². The van der Waals surface area contributed by atoms with Crippen molar-refractivity contribution in [1.82, 2.24) is 15.5 Å². The maximum absolute atomic E-state index is 5.28. The summed E-state index contributed by atoms with van der Waals surface area (Å²) in [6.07, 6.45) is 3.43. The van der Waals surface area contributed by atoms with E-state index in [0.717, 1.165) is 31.2 Å². The lowest BCUT2D eigenvalue weighted by molar-refractivity contribution is 0.295. The minimum atomic E-state index is 0.488. The average Bonchev–Trinajstić information content (AvgIpc) is 2.82. The third-order valence-corrected chi connectivity index (χ3v) is 4.40. The van der Waals surface area contributed by atoms with Crippen LogP contribution in [0.3, 0.4) is 0 Å². The van der Waals surface area contributed by atoms with Gasteiger partial charge in [-0.15, -0.1) is 0 Å². The smallest absolute Gasteiger partial charge is 0.227 e. The second-order valence-electron chi connectivity index (χ2n) is 4.28. The fraction of sp³-hybridized carbons (Fsp3) is 0.800.